The SMILES string of the molecule is CC1(NCCN2CCOCC2)CCCC1. The Morgan fingerprint density at radius 3 is 2.53 bits per heavy atom. The molecule has 2 rings (SSSR count). The second-order valence-electron chi connectivity index (χ2n) is 5.15. The highest BCUT2D eigenvalue weighted by atomic mass is 16.5. The molecule has 1 aliphatic heterocycles. The summed E-state index contributed by atoms with van der Waals surface area (Å²) in [6, 6.07) is 0. The van der Waals surface area contributed by atoms with Crippen molar-refractivity contribution in [3.8, 4) is 0 Å². The molecule has 1 heterocycles. The standard InChI is InChI=1S/C12H24N2O/c1-12(4-2-3-5-12)13-6-7-14-8-10-15-11-9-14/h13H,2-11H2,1H3. The smallest absolute Gasteiger partial charge is 0.0594 e. The van der Waals surface area contributed by atoms with Crippen LogP contribution in [0.2, 0.25) is 0 Å². The van der Waals surface area contributed by atoms with Crippen molar-refractivity contribution in [3.05, 3.63) is 0 Å². The Labute approximate surface area is 93.2 Å². The van der Waals surface area contributed by atoms with Crippen LogP contribution in [0.25, 0.3) is 0 Å². The van der Waals surface area contributed by atoms with Crippen molar-refractivity contribution >= 4 is 0 Å². The molecule has 2 aliphatic rings. The molecule has 0 aromatic rings. The van der Waals surface area contributed by atoms with Crippen LogP contribution in [0.3, 0.4) is 0 Å². The molecule has 88 valence electrons. The molecule has 0 spiro atoms. The maximum absolute atomic E-state index is 5.34. The fraction of sp³-hybridized carbons (Fsp3) is 1.00. The minimum atomic E-state index is 0.437. The summed E-state index contributed by atoms with van der Waals surface area (Å²) in [4.78, 5) is 2.49. The van der Waals surface area contributed by atoms with E-state index in [4.69, 9.17) is 4.74 Å². The van der Waals surface area contributed by atoms with Crippen LogP contribution in [0.1, 0.15) is 32.6 Å². The fourth-order valence-electron chi connectivity index (χ4n) is 2.67. The van der Waals surface area contributed by atoms with Gasteiger partial charge in [0, 0.05) is 31.7 Å². The van der Waals surface area contributed by atoms with Gasteiger partial charge in [-0.3, -0.25) is 4.90 Å². The predicted octanol–water partition coefficient (Wildman–Crippen LogP) is 1.24. The van der Waals surface area contributed by atoms with Gasteiger partial charge in [0.05, 0.1) is 13.2 Å². The Hall–Kier alpha value is -0.120. The second kappa shape index (κ2) is 5.28. The third-order valence-electron chi connectivity index (χ3n) is 3.79. The van der Waals surface area contributed by atoms with Crippen LogP contribution in [-0.2, 0) is 4.74 Å². The summed E-state index contributed by atoms with van der Waals surface area (Å²) in [6.07, 6.45) is 5.52. The molecule has 1 saturated heterocycles. The Bertz CT molecular complexity index is 184. The average molecular weight is 212 g/mol. The highest BCUT2D eigenvalue weighted by Crippen LogP contribution is 2.28. The average Bonchev–Trinajstić information content (AvgIpc) is 2.67. The van der Waals surface area contributed by atoms with Gasteiger partial charge in [0.25, 0.3) is 0 Å². The van der Waals surface area contributed by atoms with E-state index in [-0.39, 0.29) is 0 Å². The van der Waals surface area contributed by atoms with Crippen LogP contribution in [-0.4, -0.2) is 49.8 Å². The Morgan fingerprint density at radius 2 is 1.87 bits per heavy atom. The number of nitrogens with zero attached hydrogens (tertiary/aromatic N) is 1. The zero-order chi connectivity index (χ0) is 10.6. The van der Waals surface area contributed by atoms with Crippen molar-refractivity contribution in [2.24, 2.45) is 0 Å². The molecule has 2 fully saturated rings. The molecule has 3 nitrogen and oxygen atoms in total. The van der Waals surface area contributed by atoms with Crippen LogP contribution in [0.5, 0.6) is 0 Å². The molecule has 1 aliphatic carbocycles. The molecule has 0 radical (unpaired) electrons. The molecule has 0 amide bonds. The summed E-state index contributed by atoms with van der Waals surface area (Å²) < 4.78 is 5.34. The number of hydrogen-bond donors (Lipinski definition) is 1. The normalized spacial score (nSPS) is 27.0. The number of ether oxygens (including phenoxy) is 1. The van der Waals surface area contributed by atoms with E-state index >= 15 is 0 Å². The van der Waals surface area contributed by atoms with E-state index in [1.807, 2.05) is 0 Å². The van der Waals surface area contributed by atoms with Gasteiger partial charge < -0.3 is 10.1 Å². The molecule has 15 heavy (non-hydrogen) atoms. The second-order valence-corrected chi connectivity index (χ2v) is 5.15. The van der Waals surface area contributed by atoms with Gasteiger partial charge >= 0.3 is 0 Å². The van der Waals surface area contributed by atoms with Crippen molar-refractivity contribution in [1.82, 2.24) is 10.2 Å². The first-order valence-electron chi connectivity index (χ1n) is 6.34. The Balaban J connectivity index is 1.61. The van der Waals surface area contributed by atoms with E-state index in [1.54, 1.807) is 0 Å². The lowest BCUT2D eigenvalue weighted by Gasteiger charge is -2.30. The summed E-state index contributed by atoms with van der Waals surface area (Å²) in [5.41, 5.74) is 0.437. The highest BCUT2D eigenvalue weighted by Gasteiger charge is 2.27. The molecule has 0 aromatic heterocycles. The van der Waals surface area contributed by atoms with Gasteiger partial charge in [-0.1, -0.05) is 12.8 Å². The van der Waals surface area contributed by atoms with Crippen LogP contribution in [0.4, 0.5) is 0 Å². The lowest BCUT2D eigenvalue weighted by molar-refractivity contribution is 0.0376. The van der Waals surface area contributed by atoms with Crippen molar-refractivity contribution in [1.29, 1.82) is 0 Å². The van der Waals surface area contributed by atoms with E-state index in [9.17, 15) is 0 Å². The first-order valence-corrected chi connectivity index (χ1v) is 6.34. The fourth-order valence-corrected chi connectivity index (χ4v) is 2.67. The zero-order valence-corrected chi connectivity index (χ0v) is 9.93. The Kier molecular flexibility index (Phi) is 4.00. The van der Waals surface area contributed by atoms with Crippen molar-refractivity contribution in [3.63, 3.8) is 0 Å². The number of hydrogen-bond acceptors (Lipinski definition) is 3. The minimum Gasteiger partial charge on any atom is -0.379 e. The molecule has 0 unspecified atom stereocenters. The lowest BCUT2D eigenvalue weighted by atomic mass is 10.0. The molecule has 0 bridgehead atoms. The van der Waals surface area contributed by atoms with E-state index < -0.39 is 0 Å². The number of rotatable bonds is 4. The van der Waals surface area contributed by atoms with Gasteiger partial charge in [0.15, 0.2) is 0 Å². The van der Waals surface area contributed by atoms with E-state index in [0.717, 1.165) is 32.8 Å². The van der Waals surface area contributed by atoms with Crippen molar-refractivity contribution in [2.75, 3.05) is 39.4 Å². The number of morpholine rings is 1. The quantitative estimate of drug-likeness (QED) is 0.759. The molecule has 0 aromatic carbocycles. The Morgan fingerprint density at radius 1 is 1.20 bits per heavy atom. The van der Waals surface area contributed by atoms with Gasteiger partial charge in [-0.25, -0.2) is 0 Å². The van der Waals surface area contributed by atoms with Crippen LogP contribution in [0, 0.1) is 0 Å². The maximum atomic E-state index is 5.34. The van der Waals surface area contributed by atoms with Gasteiger partial charge in [-0.2, -0.15) is 0 Å². The van der Waals surface area contributed by atoms with Crippen LogP contribution < -0.4 is 5.32 Å². The van der Waals surface area contributed by atoms with Crippen LogP contribution in [0.15, 0.2) is 0 Å². The molecular weight excluding hydrogens is 188 g/mol. The summed E-state index contributed by atoms with van der Waals surface area (Å²) in [6.45, 7) is 8.74. The summed E-state index contributed by atoms with van der Waals surface area (Å²) >= 11 is 0. The molecule has 1 saturated carbocycles. The summed E-state index contributed by atoms with van der Waals surface area (Å²) in [5.74, 6) is 0. The minimum absolute atomic E-state index is 0.437. The number of nitrogens with one attached hydrogen (secondary N) is 1. The molecular formula is C12H24N2O. The molecule has 1 N–H and O–H groups in total. The third kappa shape index (κ3) is 3.44. The first kappa shape index (κ1) is 11.4. The monoisotopic (exact) mass is 212 g/mol. The third-order valence-corrected chi connectivity index (χ3v) is 3.79. The van der Waals surface area contributed by atoms with Gasteiger partial charge in [-0.05, 0) is 19.8 Å². The maximum Gasteiger partial charge on any atom is 0.0594 e. The summed E-state index contributed by atoms with van der Waals surface area (Å²) in [5, 5.41) is 3.72. The van der Waals surface area contributed by atoms with Crippen molar-refractivity contribution in [2.45, 2.75) is 38.1 Å². The van der Waals surface area contributed by atoms with E-state index in [2.05, 4.69) is 17.1 Å². The topological polar surface area (TPSA) is 24.5 Å². The van der Waals surface area contributed by atoms with Gasteiger partial charge in [0.1, 0.15) is 0 Å². The lowest BCUT2D eigenvalue weighted by Crippen LogP contribution is -2.46. The van der Waals surface area contributed by atoms with Gasteiger partial charge in [0.2, 0.25) is 0 Å². The van der Waals surface area contributed by atoms with E-state index in [0.29, 0.717) is 5.54 Å². The van der Waals surface area contributed by atoms with Gasteiger partial charge in [-0.15, -0.1) is 0 Å². The van der Waals surface area contributed by atoms with E-state index in [1.165, 1.54) is 32.2 Å². The predicted molar refractivity (Wildman–Crippen MR) is 62.1 cm³/mol. The highest BCUT2D eigenvalue weighted by molar-refractivity contribution is 4.88. The summed E-state index contributed by atoms with van der Waals surface area (Å²) in [7, 11) is 0. The zero-order valence-electron chi connectivity index (χ0n) is 9.93. The van der Waals surface area contributed by atoms with Crippen LogP contribution >= 0.6 is 0 Å². The first-order chi connectivity index (χ1) is 7.29. The molecule has 3 heteroatoms. The molecule has 0 atom stereocenters. The largest absolute Gasteiger partial charge is 0.379 e. The van der Waals surface area contributed by atoms with Crippen molar-refractivity contribution < 1.29 is 4.74 Å².